The molecule has 2 atom stereocenters. The molecule has 1 N–H and O–H groups in total. The van der Waals surface area contributed by atoms with Crippen LogP contribution in [0.4, 0.5) is 11.4 Å². The lowest BCUT2D eigenvalue weighted by atomic mass is 10.2. The predicted molar refractivity (Wildman–Crippen MR) is 128 cm³/mol. The SMILES string of the molecule is CC[C@H](C)n1c(SCC(=O)N2c3ccccc3NC(=O)C[C@@H]2C)nc2ccccc2c1=O. The average Bonchev–Trinajstić information content (AvgIpc) is 2.91. The highest BCUT2D eigenvalue weighted by Crippen LogP contribution is 2.32. The van der Waals surface area contributed by atoms with Crippen LogP contribution in [-0.2, 0) is 9.59 Å². The quantitative estimate of drug-likeness (QED) is 0.465. The van der Waals surface area contributed by atoms with Crippen LogP contribution in [0.15, 0.2) is 58.5 Å². The van der Waals surface area contributed by atoms with E-state index in [-0.39, 0.29) is 41.6 Å². The van der Waals surface area contributed by atoms with Gasteiger partial charge in [0.2, 0.25) is 11.8 Å². The number of nitrogens with one attached hydrogen (secondary N) is 1. The van der Waals surface area contributed by atoms with Crippen molar-refractivity contribution >= 4 is 45.9 Å². The van der Waals surface area contributed by atoms with Gasteiger partial charge in [-0.3, -0.25) is 19.0 Å². The Hall–Kier alpha value is -3.13. The summed E-state index contributed by atoms with van der Waals surface area (Å²) >= 11 is 1.26. The molecule has 2 heterocycles. The monoisotopic (exact) mass is 450 g/mol. The van der Waals surface area contributed by atoms with Gasteiger partial charge < -0.3 is 10.2 Å². The molecule has 0 fully saturated rings. The molecule has 0 unspecified atom stereocenters. The van der Waals surface area contributed by atoms with Gasteiger partial charge in [-0.25, -0.2) is 4.98 Å². The number of carbonyl (C=O) groups excluding carboxylic acids is 2. The van der Waals surface area contributed by atoms with Crippen molar-refractivity contribution in [2.24, 2.45) is 0 Å². The molecule has 7 nitrogen and oxygen atoms in total. The summed E-state index contributed by atoms with van der Waals surface area (Å²) in [5, 5.41) is 3.97. The molecular formula is C24H26N4O3S. The minimum absolute atomic E-state index is 0.0446. The largest absolute Gasteiger partial charge is 0.324 e. The van der Waals surface area contributed by atoms with Crippen LogP contribution in [0.3, 0.4) is 0 Å². The normalized spacial score (nSPS) is 16.9. The van der Waals surface area contributed by atoms with E-state index < -0.39 is 0 Å². The zero-order chi connectivity index (χ0) is 22.8. The van der Waals surface area contributed by atoms with Crippen LogP contribution >= 0.6 is 11.8 Å². The third-order valence-corrected chi connectivity index (χ3v) is 6.70. The molecule has 4 rings (SSSR count). The molecule has 3 aromatic rings. The van der Waals surface area contributed by atoms with Gasteiger partial charge >= 0.3 is 0 Å². The minimum atomic E-state index is -0.284. The third kappa shape index (κ3) is 4.14. The standard InChI is InChI=1S/C24H26N4O3S/c1-4-15(2)28-23(31)17-9-5-6-10-18(17)26-24(28)32-14-22(30)27-16(3)13-21(29)25-19-11-7-8-12-20(19)27/h5-12,15-16H,4,13-14H2,1-3H3,(H,25,29)/t15-,16-/m0/s1. The average molecular weight is 451 g/mol. The summed E-state index contributed by atoms with van der Waals surface area (Å²) in [4.78, 5) is 45.1. The second-order valence-electron chi connectivity index (χ2n) is 8.01. The van der Waals surface area contributed by atoms with E-state index >= 15 is 0 Å². The van der Waals surface area contributed by atoms with Crippen molar-refractivity contribution in [1.29, 1.82) is 0 Å². The van der Waals surface area contributed by atoms with E-state index in [0.717, 1.165) is 6.42 Å². The van der Waals surface area contributed by atoms with Crippen LogP contribution in [0.2, 0.25) is 0 Å². The zero-order valence-corrected chi connectivity index (χ0v) is 19.2. The van der Waals surface area contributed by atoms with Crippen LogP contribution in [0.25, 0.3) is 10.9 Å². The summed E-state index contributed by atoms with van der Waals surface area (Å²) in [6.07, 6.45) is 0.989. The van der Waals surface area contributed by atoms with Crippen molar-refractivity contribution < 1.29 is 9.59 Å². The Morgan fingerprint density at radius 1 is 1.19 bits per heavy atom. The number of aromatic nitrogens is 2. The number of anilines is 2. The Morgan fingerprint density at radius 3 is 2.69 bits per heavy atom. The molecule has 1 aromatic heterocycles. The molecule has 0 aliphatic carbocycles. The summed E-state index contributed by atoms with van der Waals surface area (Å²) in [7, 11) is 0. The van der Waals surface area contributed by atoms with Crippen molar-refractivity contribution in [3.63, 3.8) is 0 Å². The summed E-state index contributed by atoms with van der Waals surface area (Å²) in [6.45, 7) is 5.87. The number of amides is 2. The van der Waals surface area contributed by atoms with Crippen molar-refractivity contribution in [1.82, 2.24) is 9.55 Å². The fraction of sp³-hybridized carbons (Fsp3) is 0.333. The lowest BCUT2D eigenvalue weighted by Crippen LogP contribution is -2.40. The first-order valence-corrected chi connectivity index (χ1v) is 11.7. The van der Waals surface area contributed by atoms with Crippen LogP contribution in [0.1, 0.15) is 39.7 Å². The molecule has 8 heteroatoms. The van der Waals surface area contributed by atoms with Gasteiger partial charge in [0, 0.05) is 18.5 Å². The maximum atomic E-state index is 13.4. The fourth-order valence-corrected chi connectivity index (χ4v) is 4.92. The van der Waals surface area contributed by atoms with E-state index in [4.69, 9.17) is 4.98 Å². The van der Waals surface area contributed by atoms with Crippen LogP contribution < -0.4 is 15.8 Å². The molecule has 2 amide bonds. The van der Waals surface area contributed by atoms with Gasteiger partial charge in [0.05, 0.1) is 28.0 Å². The third-order valence-electron chi connectivity index (χ3n) is 5.76. The fourth-order valence-electron chi connectivity index (χ4n) is 3.96. The highest BCUT2D eigenvalue weighted by molar-refractivity contribution is 7.99. The summed E-state index contributed by atoms with van der Waals surface area (Å²) in [5.74, 6) is -0.145. The Bertz CT molecular complexity index is 1240. The van der Waals surface area contributed by atoms with Crippen molar-refractivity contribution in [2.45, 2.75) is 50.9 Å². The molecule has 1 aliphatic heterocycles. The van der Waals surface area contributed by atoms with Crippen molar-refractivity contribution in [3.05, 3.63) is 58.9 Å². The van der Waals surface area contributed by atoms with Crippen LogP contribution in [-0.4, -0.2) is 33.2 Å². The number of para-hydroxylation sites is 3. The predicted octanol–water partition coefficient (Wildman–Crippen LogP) is 4.22. The van der Waals surface area contributed by atoms with Crippen molar-refractivity contribution in [2.75, 3.05) is 16.0 Å². The smallest absolute Gasteiger partial charge is 0.262 e. The molecule has 0 radical (unpaired) electrons. The van der Waals surface area contributed by atoms with Gasteiger partial charge in [-0.1, -0.05) is 43.0 Å². The van der Waals surface area contributed by atoms with E-state index in [2.05, 4.69) is 5.32 Å². The number of nitrogens with zero attached hydrogens (tertiary/aromatic N) is 3. The van der Waals surface area contributed by atoms with Crippen LogP contribution in [0.5, 0.6) is 0 Å². The Morgan fingerprint density at radius 2 is 1.91 bits per heavy atom. The second-order valence-corrected chi connectivity index (χ2v) is 8.96. The summed E-state index contributed by atoms with van der Waals surface area (Å²) in [6, 6.07) is 14.3. The van der Waals surface area contributed by atoms with Crippen molar-refractivity contribution in [3.8, 4) is 0 Å². The molecular weight excluding hydrogens is 424 g/mol. The summed E-state index contributed by atoms with van der Waals surface area (Å²) < 4.78 is 1.69. The van der Waals surface area contributed by atoms with E-state index in [1.165, 1.54) is 11.8 Å². The molecule has 166 valence electrons. The number of rotatable bonds is 5. The second kappa shape index (κ2) is 9.16. The van der Waals surface area contributed by atoms with E-state index in [9.17, 15) is 14.4 Å². The molecule has 0 spiro atoms. The minimum Gasteiger partial charge on any atom is -0.324 e. The van der Waals surface area contributed by atoms with E-state index in [1.54, 1.807) is 21.6 Å². The molecule has 1 aliphatic rings. The molecule has 0 saturated carbocycles. The highest BCUT2D eigenvalue weighted by Gasteiger charge is 2.30. The lowest BCUT2D eigenvalue weighted by molar-refractivity contribution is -0.117. The van der Waals surface area contributed by atoms with Gasteiger partial charge in [0.25, 0.3) is 5.56 Å². The molecule has 0 bridgehead atoms. The van der Waals surface area contributed by atoms with Gasteiger partial charge in [-0.15, -0.1) is 0 Å². The van der Waals surface area contributed by atoms with Gasteiger partial charge in [0.1, 0.15) is 0 Å². The lowest BCUT2D eigenvalue weighted by Gasteiger charge is -2.28. The number of carbonyl (C=O) groups is 2. The Balaban J connectivity index is 1.67. The first-order chi connectivity index (χ1) is 15.4. The van der Waals surface area contributed by atoms with Gasteiger partial charge in [-0.05, 0) is 44.5 Å². The first kappa shape index (κ1) is 22.1. The Labute approximate surface area is 190 Å². The van der Waals surface area contributed by atoms with E-state index in [1.807, 2.05) is 57.2 Å². The van der Waals surface area contributed by atoms with Gasteiger partial charge in [0.15, 0.2) is 5.16 Å². The maximum Gasteiger partial charge on any atom is 0.262 e. The summed E-state index contributed by atoms with van der Waals surface area (Å²) in [5.41, 5.74) is 1.83. The maximum absolute atomic E-state index is 13.4. The number of fused-ring (bicyclic) bond motifs is 2. The topological polar surface area (TPSA) is 84.3 Å². The molecule has 2 aromatic carbocycles. The van der Waals surface area contributed by atoms with Gasteiger partial charge in [-0.2, -0.15) is 0 Å². The highest BCUT2D eigenvalue weighted by atomic mass is 32.2. The zero-order valence-electron chi connectivity index (χ0n) is 18.4. The number of thioether (sulfide) groups is 1. The first-order valence-electron chi connectivity index (χ1n) is 10.8. The molecule has 0 saturated heterocycles. The Kier molecular flexibility index (Phi) is 6.32. The molecule has 32 heavy (non-hydrogen) atoms. The van der Waals surface area contributed by atoms with E-state index in [0.29, 0.717) is 27.4 Å². The number of benzene rings is 2. The van der Waals surface area contributed by atoms with Crippen LogP contribution in [0, 0.1) is 0 Å². The number of hydrogen-bond donors (Lipinski definition) is 1. The number of hydrogen-bond acceptors (Lipinski definition) is 5.